The molecule has 1 aliphatic carbocycles. The van der Waals surface area contributed by atoms with Gasteiger partial charge < -0.3 is 14.7 Å². The van der Waals surface area contributed by atoms with E-state index < -0.39 is 7.12 Å². The zero-order valence-corrected chi connectivity index (χ0v) is 14.9. The van der Waals surface area contributed by atoms with E-state index in [1.165, 1.54) is 10.5 Å². The van der Waals surface area contributed by atoms with Gasteiger partial charge in [0.05, 0.1) is 6.20 Å². The van der Waals surface area contributed by atoms with Gasteiger partial charge in [-0.2, -0.15) is 0 Å². The fraction of sp³-hybridized carbons (Fsp3) is 0.211. The number of nitrogens with one attached hydrogen (secondary N) is 2. The molecule has 130 valence electrons. The Labute approximate surface area is 156 Å². The molecule has 7 heteroatoms. The number of aromatic amines is 1. The highest BCUT2D eigenvalue weighted by Gasteiger charge is 2.37. The average molecular weight is 363 g/mol. The number of aromatic nitrogens is 2. The van der Waals surface area contributed by atoms with Gasteiger partial charge in [-0.3, -0.25) is 4.72 Å². The van der Waals surface area contributed by atoms with E-state index >= 15 is 0 Å². The van der Waals surface area contributed by atoms with Crippen LogP contribution in [0.15, 0.2) is 59.7 Å². The van der Waals surface area contributed by atoms with Crippen LogP contribution in [0.5, 0.6) is 5.75 Å². The summed E-state index contributed by atoms with van der Waals surface area (Å²) in [5, 5.41) is 11.1. The lowest BCUT2D eigenvalue weighted by Crippen LogP contribution is -2.39. The number of pyridine rings is 1. The standard InChI is InChI=1S/C19H18BN3O2S/c24-20-10-16(18-15-6-7-21-19(15)22-11-17(18)25-20)12-8-13(9-12)23-26-14-4-2-1-3-5-14/h1-7,10-13,23-24H,8-9H2,(H,21,22). The maximum Gasteiger partial charge on any atom is 0.552 e. The van der Waals surface area contributed by atoms with Crippen LogP contribution in [0, 0.1) is 5.92 Å². The van der Waals surface area contributed by atoms with Crippen molar-refractivity contribution in [3.05, 3.63) is 60.3 Å². The first-order valence-electron chi connectivity index (χ1n) is 8.78. The van der Waals surface area contributed by atoms with E-state index in [1.54, 1.807) is 18.1 Å². The minimum atomic E-state index is -0.901. The van der Waals surface area contributed by atoms with Crippen molar-refractivity contribution < 1.29 is 9.68 Å². The van der Waals surface area contributed by atoms with Gasteiger partial charge in [0.1, 0.15) is 11.4 Å². The van der Waals surface area contributed by atoms with Crippen LogP contribution >= 0.6 is 11.9 Å². The second kappa shape index (κ2) is 6.50. The van der Waals surface area contributed by atoms with Crippen LogP contribution in [0.2, 0.25) is 0 Å². The average Bonchev–Trinajstić information content (AvgIpc) is 3.09. The van der Waals surface area contributed by atoms with E-state index in [4.69, 9.17) is 4.65 Å². The molecule has 0 saturated heterocycles. The molecule has 1 saturated carbocycles. The Morgan fingerprint density at radius 1 is 1.23 bits per heavy atom. The van der Waals surface area contributed by atoms with Crippen LogP contribution in [-0.2, 0) is 0 Å². The molecule has 3 aromatic rings. The zero-order chi connectivity index (χ0) is 17.5. The summed E-state index contributed by atoms with van der Waals surface area (Å²) in [6.07, 6.45) is 5.68. The fourth-order valence-electron chi connectivity index (χ4n) is 3.73. The third-order valence-electron chi connectivity index (χ3n) is 5.07. The number of hydrogen-bond acceptors (Lipinski definition) is 5. The Hall–Kier alpha value is -2.22. The molecule has 3 heterocycles. The summed E-state index contributed by atoms with van der Waals surface area (Å²) in [4.78, 5) is 8.75. The van der Waals surface area contributed by atoms with Crippen molar-refractivity contribution >= 4 is 35.7 Å². The summed E-state index contributed by atoms with van der Waals surface area (Å²) in [6, 6.07) is 12.8. The molecule has 1 fully saturated rings. The molecule has 5 rings (SSSR count). The highest BCUT2D eigenvalue weighted by Crippen LogP contribution is 2.46. The van der Waals surface area contributed by atoms with E-state index in [0.717, 1.165) is 29.4 Å². The Morgan fingerprint density at radius 3 is 2.92 bits per heavy atom. The number of H-pyrrole nitrogens is 1. The quantitative estimate of drug-likeness (QED) is 0.489. The Balaban J connectivity index is 1.33. The van der Waals surface area contributed by atoms with Crippen molar-refractivity contribution in [2.75, 3.05) is 0 Å². The van der Waals surface area contributed by atoms with Crippen LogP contribution in [0.25, 0.3) is 16.6 Å². The first-order chi connectivity index (χ1) is 12.8. The van der Waals surface area contributed by atoms with Crippen molar-refractivity contribution in [2.24, 2.45) is 5.92 Å². The van der Waals surface area contributed by atoms with Crippen LogP contribution < -0.4 is 9.38 Å². The zero-order valence-electron chi connectivity index (χ0n) is 14.1. The molecular weight excluding hydrogens is 345 g/mol. The number of fused-ring (bicyclic) bond motifs is 3. The van der Waals surface area contributed by atoms with Gasteiger partial charge in [-0.15, -0.1) is 0 Å². The van der Waals surface area contributed by atoms with Gasteiger partial charge in [-0.25, -0.2) is 4.98 Å². The fourth-order valence-corrected chi connectivity index (χ4v) is 4.51. The SMILES string of the molecule is OB1C=C(C2CC(NSc3ccccc3)C2)c2c(cnc3[nH]ccc23)O1. The monoisotopic (exact) mass is 363 g/mol. The summed E-state index contributed by atoms with van der Waals surface area (Å²) in [5.41, 5.74) is 3.09. The van der Waals surface area contributed by atoms with Crippen LogP contribution in [-0.4, -0.2) is 28.2 Å². The molecule has 0 unspecified atom stereocenters. The van der Waals surface area contributed by atoms with Crippen LogP contribution in [0.3, 0.4) is 0 Å². The molecule has 0 radical (unpaired) electrons. The topological polar surface area (TPSA) is 70.2 Å². The molecule has 1 aromatic carbocycles. The van der Waals surface area contributed by atoms with Gasteiger partial charge in [0.15, 0.2) is 0 Å². The van der Waals surface area contributed by atoms with E-state index in [0.29, 0.717) is 17.7 Å². The maximum atomic E-state index is 10.1. The predicted octanol–water partition coefficient (Wildman–Crippen LogP) is 3.43. The van der Waals surface area contributed by atoms with Gasteiger partial charge in [0, 0.05) is 28.1 Å². The van der Waals surface area contributed by atoms with Crippen LogP contribution in [0.4, 0.5) is 0 Å². The Morgan fingerprint density at radius 2 is 2.08 bits per heavy atom. The molecule has 3 N–H and O–H groups in total. The molecule has 2 aliphatic rings. The number of allylic oxidation sites excluding steroid dienone is 1. The van der Waals surface area contributed by atoms with Crippen molar-refractivity contribution in [2.45, 2.75) is 23.8 Å². The van der Waals surface area contributed by atoms with Gasteiger partial charge in [0.25, 0.3) is 0 Å². The lowest BCUT2D eigenvalue weighted by atomic mass is 9.68. The molecule has 0 atom stereocenters. The first-order valence-corrected chi connectivity index (χ1v) is 9.60. The van der Waals surface area contributed by atoms with E-state index in [2.05, 4.69) is 39.0 Å². The van der Waals surface area contributed by atoms with E-state index in [1.807, 2.05) is 24.3 Å². The molecule has 1 aliphatic heterocycles. The van der Waals surface area contributed by atoms with Crippen molar-refractivity contribution in [1.82, 2.24) is 14.7 Å². The highest BCUT2D eigenvalue weighted by molar-refractivity contribution is 7.97. The third-order valence-corrected chi connectivity index (χ3v) is 6.03. The lowest BCUT2D eigenvalue weighted by molar-refractivity contribution is 0.315. The van der Waals surface area contributed by atoms with E-state index in [9.17, 15) is 5.02 Å². The minimum Gasteiger partial charge on any atom is -0.531 e. The number of rotatable bonds is 4. The summed E-state index contributed by atoms with van der Waals surface area (Å²) in [5.74, 6) is 2.93. The normalized spacial score (nSPS) is 21.7. The minimum absolute atomic E-state index is 0.418. The third kappa shape index (κ3) is 2.82. The molecule has 26 heavy (non-hydrogen) atoms. The number of benzene rings is 1. The largest absolute Gasteiger partial charge is 0.552 e. The van der Waals surface area contributed by atoms with E-state index in [-0.39, 0.29) is 0 Å². The number of nitrogens with zero attached hydrogens (tertiary/aromatic N) is 1. The maximum absolute atomic E-state index is 10.1. The van der Waals surface area contributed by atoms with Crippen molar-refractivity contribution in [1.29, 1.82) is 0 Å². The van der Waals surface area contributed by atoms with Crippen molar-refractivity contribution in [3.63, 3.8) is 0 Å². The summed E-state index contributed by atoms with van der Waals surface area (Å²) >= 11 is 1.68. The van der Waals surface area contributed by atoms with Crippen molar-refractivity contribution in [3.8, 4) is 5.75 Å². The van der Waals surface area contributed by atoms with Gasteiger partial charge in [0.2, 0.25) is 0 Å². The predicted molar refractivity (Wildman–Crippen MR) is 105 cm³/mol. The molecular formula is C19H18BN3O2S. The second-order valence-electron chi connectivity index (χ2n) is 6.77. The summed E-state index contributed by atoms with van der Waals surface area (Å²) in [7, 11) is -0.901. The first kappa shape index (κ1) is 16.0. The van der Waals surface area contributed by atoms with Crippen LogP contribution in [0.1, 0.15) is 18.4 Å². The summed E-state index contributed by atoms with van der Waals surface area (Å²) in [6.45, 7) is 0. The lowest BCUT2D eigenvalue weighted by Gasteiger charge is -2.39. The van der Waals surface area contributed by atoms with Gasteiger partial charge >= 0.3 is 7.12 Å². The number of hydrogen-bond donors (Lipinski definition) is 3. The molecule has 0 amide bonds. The Kier molecular flexibility index (Phi) is 4.00. The van der Waals surface area contributed by atoms with Gasteiger partial charge in [-0.05, 0) is 60.5 Å². The molecule has 0 spiro atoms. The molecule has 2 aromatic heterocycles. The molecule has 0 bridgehead atoms. The van der Waals surface area contributed by atoms with Gasteiger partial charge in [-0.1, -0.05) is 18.2 Å². The summed E-state index contributed by atoms with van der Waals surface area (Å²) < 4.78 is 9.12. The smallest absolute Gasteiger partial charge is 0.531 e. The Bertz CT molecular complexity index is 969. The molecule has 5 nitrogen and oxygen atoms in total. The highest BCUT2D eigenvalue weighted by atomic mass is 32.2. The second-order valence-corrected chi connectivity index (χ2v) is 7.68.